The van der Waals surface area contributed by atoms with Gasteiger partial charge in [-0.3, -0.25) is 0 Å². The second-order valence-corrected chi connectivity index (χ2v) is 3.06. The standard InChI is InChI=1S/C11H8FNO2/c1-2-7-4-3-5-9-8(7)6-10(13-9)11(14)15-12/h2-6,13H,1H2. The molecule has 0 amide bonds. The highest BCUT2D eigenvalue weighted by atomic mass is 19.3. The molecule has 4 heteroatoms. The zero-order chi connectivity index (χ0) is 10.8. The van der Waals surface area contributed by atoms with E-state index < -0.39 is 5.97 Å². The largest absolute Gasteiger partial charge is 0.395 e. The van der Waals surface area contributed by atoms with Crippen molar-refractivity contribution in [1.29, 1.82) is 0 Å². The SMILES string of the molecule is C=Cc1cccc2[nH]c(C(=O)OF)cc12. The average molecular weight is 205 g/mol. The first-order valence-corrected chi connectivity index (χ1v) is 4.33. The lowest BCUT2D eigenvalue weighted by atomic mass is 10.1. The fraction of sp³-hybridized carbons (Fsp3) is 0. The van der Waals surface area contributed by atoms with E-state index in [1.807, 2.05) is 12.1 Å². The molecular weight excluding hydrogens is 197 g/mol. The number of rotatable bonds is 2. The van der Waals surface area contributed by atoms with Crippen LogP contribution in [0.15, 0.2) is 30.8 Å². The molecule has 15 heavy (non-hydrogen) atoms. The number of halogens is 1. The minimum absolute atomic E-state index is 0.0850. The summed E-state index contributed by atoms with van der Waals surface area (Å²) in [6.45, 7) is 3.65. The molecule has 0 aliphatic carbocycles. The first-order chi connectivity index (χ1) is 7.26. The van der Waals surface area contributed by atoms with Gasteiger partial charge in [0, 0.05) is 15.4 Å². The molecule has 2 aromatic rings. The van der Waals surface area contributed by atoms with Gasteiger partial charge in [-0.2, -0.15) is 0 Å². The van der Waals surface area contributed by atoms with Gasteiger partial charge < -0.3 is 4.98 Å². The summed E-state index contributed by atoms with van der Waals surface area (Å²) >= 11 is 0. The van der Waals surface area contributed by atoms with Crippen LogP contribution in [-0.2, 0) is 4.94 Å². The van der Waals surface area contributed by atoms with Crippen molar-refractivity contribution in [3.63, 3.8) is 0 Å². The molecule has 0 saturated carbocycles. The third-order valence-electron chi connectivity index (χ3n) is 2.21. The van der Waals surface area contributed by atoms with Crippen LogP contribution in [0, 0.1) is 0 Å². The molecule has 0 aliphatic heterocycles. The van der Waals surface area contributed by atoms with Gasteiger partial charge in [0.25, 0.3) is 0 Å². The maximum atomic E-state index is 11.7. The lowest BCUT2D eigenvalue weighted by Crippen LogP contribution is -1.97. The number of H-pyrrole nitrogens is 1. The number of aromatic amines is 1. The van der Waals surface area contributed by atoms with Crippen molar-refractivity contribution >= 4 is 22.9 Å². The predicted molar refractivity (Wildman–Crippen MR) is 54.9 cm³/mol. The number of aromatic nitrogens is 1. The molecule has 3 nitrogen and oxygen atoms in total. The van der Waals surface area contributed by atoms with Crippen LogP contribution >= 0.6 is 0 Å². The molecule has 2 rings (SSSR count). The van der Waals surface area contributed by atoms with Gasteiger partial charge in [0.1, 0.15) is 5.69 Å². The fourth-order valence-electron chi connectivity index (χ4n) is 1.51. The van der Waals surface area contributed by atoms with Crippen molar-refractivity contribution in [3.05, 3.63) is 42.1 Å². The Hall–Kier alpha value is -2.10. The predicted octanol–water partition coefficient (Wildman–Crippen LogP) is 2.85. The minimum atomic E-state index is -1.03. The zero-order valence-electron chi connectivity index (χ0n) is 7.79. The molecule has 0 aliphatic rings. The molecule has 0 bridgehead atoms. The maximum absolute atomic E-state index is 11.7. The quantitative estimate of drug-likeness (QED) is 0.819. The van der Waals surface area contributed by atoms with E-state index in [-0.39, 0.29) is 5.69 Å². The van der Waals surface area contributed by atoms with Gasteiger partial charge in [-0.15, -0.1) is 0 Å². The van der Waals surface area contributed by atoms with Crippen molar-refractivity contribution in [2.24, 2.45) is 0 Å². The second-order valence-electron chi connectivity index (χ2n) is 3.06. The molecular formula is C11H8FNO2. The summed E-state index contributed by atoms with van der Waals surface area (Å²) in [4.78, 5) is 16.8. The number of hydrogen-bond donors (Lipinski definition) is 1. The smallest absolute Gasteiger partial charge is 0.349 e. The molecule has 1 N–H and O–H groups in total. The molecule has 0 saturated heterocycles. The second kappa shape index (κ2) is 3.57. The lowest BCUT2D eigenvalue weighted by Gasteiger charge is -1.93. The van der Waals surface area contributed by atoms with Crippen LogP contribution in [0.3, 0.4) is 0 Å². The average Bonchev–Trinajstić information content (AvgIpc) is 2.71. The Bertz CT molecular complexity index is 530. The highest BCUT2D eigenvalue weighted by Crippen LogP contribution is 2.21. The van der Waals surface area contributed by atoms with Gasteiger partial charge in [0.2, 0.25) is 0 Å². The van der Waals surface area contributed by atoms with Crippen molar-refractivity contribution in [2.75, 3.05) is 0 Å². The summed E-state index contributed by atoms with van der Waals surface area (Å²) in [5, 5.41) is 0.813. The molecule has 0 radical (unpaired) electrons. The van der Waals surface area contributed by atoms with E-state index >= 15 is 0 Å². The van der Waals surface area contributed by atoms with Gasteiger partial charge in [-0.1, -0.05) is 24.8 Å². The van der Waals surface area contributed by atoms with Crippen LogP contribution in [0.2, 0.25) is 0 Å². The van der Waals surface area contributed by atoms with Crippen LogP contribution in [0.1, 0.15) is 16.1 Å². The third-order valence-corrected chi connectivity index (χ3v) is 2.21. The van der Waals surface area contributed by atoms with E-state index in [4.69, 9.17) is 0 Å². The van der Waals surface area contributed by atoms with E-state index in [1.165, 1.54) is 6.07 Å². The number of nitrogens with one attached hydrogen (secondary N) is 1. The monoisotopic (exact) mass is 205 g/mol. The first kappa shape index (κ1) is 9.45. The Morgan fingerprint density at radius 2 is 2.33 bits per heavy atom. The van der Waals surface area contributed by atoms with Crippen molar-refractivity contribution in [2.45, 2.75) is 0 Å². The van der Waals surface area contributed by atoms with Gasteiger partial charge in [0.05, 0.1) is 0 Å². The fourth-order valence-corrected chi connectivity index (χ4v) is 1.51. The van der Waals surface area contributed by atoms with E-state index in [0.29, 0.717) is 0 Å². The van der Waals surface area contributed by atoms with E-state index in [0.717, 1.165) is 16.5 Å². The molecule has 0 atom stereocenters. The normalized spacial score (nSPS) is 10.2. The van der Waals surface area contributed by atoms with Crippen molar-refractivity contribution in [1.82, 2.24) is 4.98 Å². The van der Waals surface area contributed by atoms with Crippen LogP contribution in [0.5, 0.6) is 0 Å². The lowest BCUT2D eigenvalue weighted by molar-refractivity contribution is -0.0792. The Morgan fingerprint density at radius 3 is 3.00 bits per heavy atom. The molecule has 1 aromatic carbocycles. The van der Waals surface area contributed by atoms with Gasteiger partial charge >= 0.3 is 5.97 Å². The Kier molecular flexibility index (Phi) is 2.25. The van der Waals surface area contributed by atoms with Crippen LogP contribution in [-0.4, -0.2) is 11.0 Å². The molecule has 0 fully saturated rings. The summed E-state index contributed by atoms with van der Waals surface area (Å²) in [7, 11) is 0. The summed E-state index contributed by atoms with van der Waals surface area (Å²) in [6, 6.07) is 7.00. The Morgan fingerprint density at radius 1 is 1.53 bits per heavy atom. The molecule has 0 spiro atoms. The van der Waals surface area contributed by atoms with E-state index in [9.17, 15) is 9.32 Å². The third kappa shape index (κ3) is 1.50. The van der Waals surface area contributed by atoms with Crippen molar-refractivity contribution < 1.29 is 14.3 Å². The molecule has 1 aromatic heterocycles. The van der Waals surface area contributed by atoms with E-state index in [2.05, 4.69) is 16.5 Å². The number of hydrogen-bond acceptors (Lipinski definition) is 2. The molecule has 76 valence electrons. The summed E-state index contributed by atoms with van der Waals surface area (Å²) in [5.41, 5.74) is 1.70. The van der Waals surface area contributed by atoms with Gasteiger partial charge in [-0.25, -0.2) is 9.74 Å². The topological polar surface area (TPSA) is 42.1 Å². The minimum Gasteiger partial charge on any atom is -0.349 e. The number of benzene rings is 1. The van der Waals surface area contributed by atoms with Gasteiger partial charge in [0.15, 0.2) is 0 Å². The molecule has 0 unspecified atom stereocenters. The highest BCUT2D eigenvalue weighted by molar-refractivity contribution is 5.97. The highest BCUT2D eigenvalue weighted by Gasteiger charge is 2.12. The summed E-state index contributed by atoms with van der Waals surface area (Å²) in [5.74, 6) is -1.03. The van der Waals surface area contributed by atoms with Crippen LogP contribution in [0.4, 0.5) is 4.53 Å². The number of carbonyl (C=O) groups is 1. The summed E-state index contributed by atoms with van der Waals surface area (Å²) < 4.78 is 11.7. The number of fused-ring (bicyclic) bond motifs is 1. The van der Waals surface area contributed by atoms with Crippen LogP contribution < -0.4 is 0 Å². The summed E-state index contributed by atoms with van der Waals surface area (Å²) in [6.07, 6.45) is 1.67. The van der Waals surface area contributed by atoms with E-state index in [1.54, 1.807) is 12.1 Å². The maximum Gasteiger partial charge on any atom is 0.395 e. The molecule has 1 heterocycles. The zero-order valence-corrected chi connectivity index (χ0v) is 7.79. The number of carbonyl (C=O) groups excluding carboxylic acids is 1. The Labute approximate surface area is 85.1 Å². The van der Waals surface area contributed by atoms with Crippen LogP contribution in [0.25, 0.3) is 17.0 Å². The Balaban J connectivity index is 2.65. The van der Waals surface area contributed by atoms with Gasteiger partial charge in [-0.05, 0) is 17.7 Å². The first-order valence-electron chi connectivity index (χ1n) is 4.33. The van der Waals surface area contributed by atoms with Crippen molar-refractivity contribution in [3.8, 4) is 0 Å².